The number of nitrogens with one attached hydrogen (secondary N) is 1. The minimum atomic E-state index is -0.583. The van der Waals surface area contributed by atoms with Crippen LogP contribution in [0.15, 0.2) is 0 Å². The quantitative estimate of drug-likeness (QED) is 0.663. The van der Waals surface area contributed by atoms with Crippen molar-refractivity contribution in [2.45, 2.75) is 39.2 Å². The van der Waals surface area contributed by atoms with Crippen LogP contribution in [0.3, 0.4) is 0 Å². The number of aliphatic hydroxyl groups excluding tert-OH is 1. The molecule has 0 saturated heterocycles. The first kappa shape index (κ1) is 12.9. The largest absolute Gasteiger partial charge is 0.394 e. The number of carbonyl (C=O) groups is 1. The van der Waals surface area contributed by atoms with Gasteiger partial charge in [0.05, 0.1) is 18.7 Å². The Kier molecular flexibility index (Phi) is 6.77. The van der Waals surface area contributed by atoms with Gasteiger partial charge in [0.15, 0.2) is 0 Å². The van der Waals surface area contributed by atoms with Gasteiger partial charge in [0.1, 0.15) is 5.92 Å². The number of amides is 1. The zero-order valence-corrected chi connectivity index (χ0v) is 8.79. The molecule has 80 valence electrons. The fourth-order valence-corrected chi connectivity index (χ4v) is 1.12. The lowest BCUT2D eigenvalue weighted by Gasteiger charge is -2.16. The first-order chi connectivity index (χ1) is 6.69. The molecule has 0 rings (SSSR count). The van der Waals surface area contributed by atoms with Crippen LogP contribution in [0.5, 0.6) is 0 Å². The highest BCUT2D eigenvalue weighted by Gasteiger charge is 2.18. The molecule has 0 heterocycles. The van der Waals surface area contributed by atoms with Crippen molar-refractivity contribution < 1.29 is 9.90 Å². The second kappa shape index (κ2) is 7.34. The fraction of sp³-hybridized carbons (Fsp3) is 0.800. The van der Waals surface area contributed by atoms with Crippen molar-refractivity contribution in [2.75, 3.05) is 6.61 Å². The maximum atomic E-state index is 11.4. The summed E-state index contributed by atoms with van der Waals surface area (Å²) in [7, 11) is 0. The summed E-state index contributed by atoms with van der Waals surface area (Å²) in [5, 5.41) is 20.2. The van der Waals surface area contributed by atoms with Crippen LogP contribution in [0.2, 0.25) is 0 Å². The number of nitrogens with zero attached hydrogens (tertiary/aromatic N) is 1. The van der Waals surface area contributed by atoms with Gasteiger partial charge in [0, 0.05) is 0 Å². The highest BCUT2D eigenvalue weighted by atomic mass is 16.3. The van der Waals surface area contributed by atoms with Gasteiger partial charge in [-0.05, 0) is 12.8 Å². The molecule has 0 saturated carbocycles. The molecule has 0 radical (unpaired) electrons. The maximum Gasteiger partial charge on any atom is 0.237 e. The molecule has 4 heteroatoms. The van der Waals surface area contributed by atoms with Crippen LogP contribution in [-0.2, 0) is 4.79 Å². The predicted molar refractivity (Wildman–Crippen MR) is 53.3 cm³/mol. The summed E-state index contributed by atoms with van der Waals surface area (Å²) in [6.07, 6.45) is 2.05. The molecule has 0 aliphatic rings. The number of hydrogen-bond acceptors (Lipinski definition) is 3. The summed E-state index contributed by atoms with van der Waals surface area (Å²) in [6.45, 7) is 3.73. The molecule has 2 unspecified atom stereocenters. The van der Waals surface area contributed by atoms with E-state index < -0.39 is 5.92 Å². The van der Waals surface area contributed by atoms with Gasteiger partial charge < -0.3 is 10.4 Å². The van der Waals surface area contributed by atoms with Gasteiger partial charge in [-0.15, -0.1) is 0 Å². The van der Waals surface area contributed by atoms with E-state index in [0.717, 1.165) is 6.42 Å². The highest BCUT2D eigenvalue weighted by molar-refractivity contribution is 5.81. The van der Waals surface area contributed by atoms with E-state index in [4.69, 9.17) is 10.4 Å². The third-order valence-electron chi connectivity index (χ3n) is 2.11. The number of aliphatic hydroxyl groups is 1. The van der Waals surface area contributed by atoms with Gasteiger partial charge in [0.2, 0.25) is 5.91 Å². The average Bonchev–Trinajstić information content (AvgIpc) is 2.22. The van der Waals surface area contributed by atoms with E-state index in [0.29, 0.717) is 12.8 Å². The van der Waals surface area contributed by atoms with Crippen LogP contribution >= 0.6 is 0 Å². The Morgan fingerprint density at radius 3 is 2.57 bits per heavy atom. The monoisotopic (exact) mass is 198 g/mol. The number of rotatable bonds is 6. The molecule has 0 fully saturated rings. The number of nitriles is 1. The average molecular weight is 198 g/mol. The molecule has 14 heavy (non-hydrogen) atoms. The normalized spacial score (nSPS) is 14.1. The van der Waals surface area contributed by atoms with E-state index >= 15 is 0 Å². The van der Waals surface area contributed by atoms with Crippen LogP contribution < -0.4 is 5.32 Å². The Morgan fingerprint density at radius 2 is 2.21 bits per heavy atom. The Bertz CT molecular complexity index is 207. The first-order valence-electron chi connectivity index (χ1n) is 5.00. The molecule has 0 aliphatic heterocycles. The molecule has 1 amide bonds. The van der Waals surface area contributed by atoms with Crippen LogP contribution in [0.1, 0.15) is 33.1 Å². The van der Waals surface area contributed by atoms with Gasteiger partial charge in [0.25, 0.3) is 0 Å². The fourth-order valence-electron chi connectivity index (χ4n) is 1.12. The topological polar surface area (TPSA) is 73.1 Å². The number of carbonyl (C=O) groups excluding carboxylic acids is 1. The predicted octanol–water partition coefficient (Wildman–Crippen LogP) is 0.813. The first-order valence-corrected chi connectivity index (χ1v) is 5.00. The molecule has 0 bridgehead atoms. The van der Waals surface area contributed by atoms with Gasteiger partial charge in [-0.1, -0.05) is 20.3 Å². The Labute approximate surface area is 84.9 Å². The summed E-state index contributed by atoms with van der Waals surface area (Å²) >= 11 is 0. The molecular formula is C10H18N2O2. The Balaban J connectivity index is 4.10. The molecule has 0 aromatic rings. The zero-order chi connectivity index (χ0) is 11.0. The summed E-state index contributed by atoms with van der Waals surface area (Å²) in [5.74, 6) is -0.851. The smallest absolute Gasteiger partial charge is 0.237 e. The molecule has 0 aromatic heterocycles. The van der Waals surface area contributed by atoms with Gasteiger partial charge in [-0.25, -0.2) is 0 Å². The van der Waals surface area contributed by atoms with Gasteiger partial charge in [-0.2, -0.15) is 5.26 Å². The molecule has 0 spiro atoms. The zero-order valence-electron chi connectivity index (χ0n) is 8.79. The van der Waals surface area contributed by atoms with E-state index in [1.165, 1.54) is 0 Å². The maximum absolute atomic E-state index is 11.4. The molecule has 2 N–H and O–H groups in total. The van der Waals surface area contributed by atoms with E-state index in [9.17, 15) is 4.79 Å². The third kappa shape index (κ3) is 4.24. The van der Waals surface area contributed by atoms with Crippen LogP contribution in [0.4, 0.5) is 0 Å². The van der Waals surface area contributed by atoms with Crippen molar-refractivity contribution in [3.63, 3.8) is 0 Å². The molecule has 4 nitrogen and oxygen atoms in total. The van der Waals surface area contributed by atoms with Crippen LogP contribution in [0.25, 0.3) is 0 Å². The molecule has 0 aromatic carbocycles. The van der Waals surface area contributed by atoms with Crippen molar-refractivity contribution in [1.82, 2.24) is 5.32 Å². The van der Waals surface area contributed by atoms with Crippen molar-refractivity contribution in [2.24, 2.45) is 5.92 Å². The van der Waals surface area contributed by atoms with Gasteiger partial charge in [-0.3, -0.25) is 4.79 Å². The van der Waals surface area contributed by atoms with Gasteiger partial charge >= 0.3 is 0 Å². The molecular weight excluding hydrogens is 180 g/mol. The SMILES string of the molecule is CCCC(C#N)C(=O)NC(CC)CO. The highest BCUT2D eigenvalue weighted by Crippen LogP contribution is 2.05. The lowest BCUT2D eigenvalue weighted by Crippen LogP contribution is -2.40. The Hall–Kier alpha value is -1.08. The lowest BCUT2D eigenvalue weighted by molar-refractivity contribution is -0.124. The molecule has 0 aliphatic carbocycles. The second-order valence-electron chi connectivity index (χ2n) is 3.27. The lowest BCUT2D eigenvalue weighted by atomic mass is 10.0. The minimum absolute atomic E-state index is 0.0769. The number of hydrogen-bond donors (Lipinski definition) is 2. The summed E-state index contributed by atoms with van der Waals surface area (Å²) in [5.41, 5.74) is 0. The Morgan fingerprint density at radius 1 is 1.57 bits per heavy atom. The minimum Gasteiger partial charge on any atom is -0.394 e. The van der Waals surface area contributed by atoms with E-state index in [-0.39, 0.29) is 18.6 Å². The van der Waals surface area contributed by atoms with Crippen LogP contribution in [-0.4, -0.2) is 23.7 Å². The summed E-state index contributed by atoms with van der Waals surface area (Å²) in [6, 6.07) is 1.74. The van der Waals surface area contributed by atoms with E-state index in [1.54, 1.807) is 0 Å². The van der Waals surface area contributed by atoms with Crippen molar-refractivity contribution in [3.8, 4) is 6.07 Å². The van der Waals surface area contributed by atoms with Crippen molar-refractivity contribution in [3.05, 3.63) is 0 Å². The standard InChI is InChI=1S/C10H18N2O2/c1-3-5-8(6-11)10(14)12-9(4-2)7-13/h8-9,13H,3-5,7H2,1-2H3,(H,12,14). The van der Waals surface area contributed by atoms with Crippen molar-refractivity contribution >= 4 is 5.91 Å². The van der Waals surface area contributed by atoms with Crippen molar-refractivity contribution in [1.29, 1.82) is 5.26 Å². The summed E-state index contributed by atoms with van der Waals surface area (Å²) in [4.78, 5) is 11.4. The third-order valence-corrected chi connectivity index (χ3v) is 2.11. The van der Waals surface area contributed by atoms with Crippen LogP contribution in [0, 0.1) is 17.2 Å². The molecule has 2 atom stereocenters. The second-order valence-corrected chi connectivity index (χ2v) is 3.27. The van der Waals surface area contributed by atoms with E-state index in [1.807, 2.05) is 19.9 Å². The summed E-state index contributed by atoms with van der Waals surface area (Å²) < 4.78 is 0. The van der Waals surface area contributed by atoms with E-state index in [2.05, 4.69) is 5.32 Å².